The van der Waals surface area contributed by atoms with Gasteiger partial charge in [-0.25, -0.2) is 0 Å². The summed E-state index contributed by atoms with van der Waals surface area (Å²) in [5.41, 5.74) is 13.6. The molecule has 23 heavy (non-hydrogen) atoms. The third-order valence-electron chi connectivity index (χ3n) is 3.52. The van der Waals surface area contributed by atoms with Crippen molar-refractivity contribution in [1.29, 1.82) is 0 Å². The summed E-state index contributed by atoms with van der Waals surface area (Å²) in [6.07, 6.45) is 0.738. The molecule has 2 aromatic rings. The molecule has 0 aliphatic carbocycles. The minimum atomic E-state index is -0.787. The molecule has 2 rings (SSSR count). The predicted molar refractivity (Wildman–Crippen MR) is 89.4 cm³/mol. The second-order valence-electron chi connectivity index (χ2n) is 5.45. The minimum absolute atomic E-state index is 0.369. The first kappa shape index (κ1) is 16.9. The standard InChI is InChI=1S/C18H21N3O2/c19-15(11-13-7-3-1-4-8-13)17(22)21-18(23)16(20)12-14-9-5-2-6-10-14/h1-10,15-16H,11-12,19-20H2,(H,21,22,23)/t15-,16-/m0/s1. The first-order valence-corrected chi connectivity index (χ1v) is 7.50. The molecular weight excluding hydrogens is 290 g/mol. The van der Waals surface area contributed by atoms with Crippen LogP contribution in [0.15, 0.2) is 60.7 Å². The lowest BCUT2D eigenvalue weighted by Gasteiger charge is -2.15. The van der Waals surface area contributed by atoms with E-state index in [0.29, 0.717) is 12.8 Å². The topological polar surface area (TPSA) is 98.2 Å². The van der Waals surface area contributed by atoms with Gasteiger partial charge >= 0.3 is 0 Å². The molecule has 2 atom stereocenters. The van der Waals surface area contributed by atoms with Gasteiger partial charge in [-0.1, -0.05) is 60.7 Å². The molecule has 5 heteroatoms. The van der Waals surface area contributed by atoms with Crippen molar-refractivity contribution in [2.45, 2.75) is 24.9 Å². The van der Waals surface area contributed by atoms with Gasteiger partial charge in [0.2, 0.25) is 11.8 Å². The normalized spacial score (nSPS) is 13.1. The zero-order chi connectivity index (χ0) is 16.7. The zero-order valence-electron chi connectivity index (χ0n) is 12.8. The van der Waals surface area contributed by atoms with Crippen molar-refractivity contribution in [3.05, 3.63) is 71.8 Å². The van der Waals surface area contributed by atoms with E-state index in [1.807, 2.05) is 60.7 Å². The van der Waals surface area contributed by atoms with Gasteiger partial charge in [0, 0.05) is 0 Å². The first-order valence-electron chi connectivity index (χ1n) is 7.50. The van der Waals surface area contributed by atoms with Gasteiger partial charge in [0.25, 0.3) is 0 Å². The van der Waals surface area contributed by atoms with Crippen LogP contribution >= 0.6 is 0 Å². The lowest BCUT2D eigenvalue weighted by molar-refractivity contribution is -0.131. The van der Waals surface area contributed by atoms with Gasteiger partial charge in [0.05, 0.1) is 12.1 Å². The molecule has 0 spiro atoms. The van der Waals surface area contributed by atoms with Crippen molar-refractivity contribution in [1.82, 2.24) is 5.32 Å². The van der Waals surface area contributed by atoms with Crippen LogP contribution in [0.1, 0.15) is 11.1 Å². The number of hydrogen-bond donors (Lipinski definition) is 3. The molecule has 0 fully saturated rings. The van der Waals surface area contributed by atoms with E-state index in [-0.39, 0.29) is 0 Å². The average Bonchev–Trinajstić information content (AvgIpc) is 2.56. The van der Waals surface area contributed by atoms with Gasteiger partial charge in [0.15, 0.2) is 0 Å². The molecule has 0 unspecified atom stereocenters. The Labute approximate surface area is 135 Å². The Balaban J connectivity index is 1.85. The number of imide groups is 1. The van der Waals surface area contributed by atoms with E-state index in [0.717, 1.165) is 11.1 Å². The molecule has 5 nitrogen and oxygen atoms in total. The monoisotopic (exact) mass is 311 g/mol. The van der Waals surface area contributed by atoms with Gasteiger partial charge in [-0.2, -0.15) is 0 Å². The van der Waals surface area contributed by atoms with Crippen molar-refractivity contribution >= 4 is 11.8 Å². The lowest BCUT2D eigenvalue weighted by Crippen LogP contribution is -2.50. The van der Waals surface area contributed by atoms with Crippen molar-refractivity contribution in [2.24, 2.45) is 11.5 Å². The van der Waals surface area contributed by atoms with Crippen LogP contribution in [-0.4, -0.2) is 23.9 Å². The first-order chi connectivity index (χ1) is 11.1. The van der Waals surface area contributed by atoms with E-state index in [1.54, 1.807) is 0 Å². The highest BCUT2D eigenvalue weighted by atomic mass is 16.2. The molecule has 0 heterocycles. The second kappa shape index (κ2) is 8.22. The molecule has 0 aliphatic heterocycles. The van der Waals surface area contributed by atoms with Gasteiger partial charge in [0.1, 0.15) is 0 Å². The van der Waals surface area contributed by atoms with Crippen LogP contribution in [0.5, 0.6) is 0 Å². The molecule has 120 valence electrons. The van der Waals surface area contributed by atoms with Crippen molar-refractivity contribution in [3.63, 3.8) is 0 Å². The second-order valence-corrected chi connectivity index (χ2v) is 5.45. The summed E-state index contributed by atoms with van der Waals surface area (Å²) in [5, 5.41) is 2.29. The van der Waals surface area contributed by atoms with Crippen molar-refractivity contribution in [2.75, 3.05) is 0 Å². The number of rotatable bonds is 6. The molecule has 0 saturated heterocycles. The Morgan fingerprint density at radius 3 is 1.43 bits per heavy atom. The number of nitrogens with one attached hydrogen (secondary N) is 1. The largest absolute Gasteiger partial charge is 0.320 e. The summed E-state index contributed by atoms with van der Waals surface area (Å²) in [4.78, 5) is 24.0. The third kappa shape index (κ3) is 5.32. The van der Waals surface area contributed by atoms with Gasteiger partial charge in [-0.15, -0.1) is 0 Å². The molecule has 2 amide bonds. The van der Waals surface area contributed by atoms with Crippen molar-refractivity contribution in [3.8, 4) is 0 Å². The zero-order valence-corrected chi connectivity index (χ0v) is 12.8. The van der Waals surface area contributed by atoms with E-state index >= 15 is 0 Å². The van der Waals surface area contributed by atoms with Crippen molar-refractivity contribution < 1.29 is 9.59 Å². The van der Waals surface area contributed by atoms with Crippen LogP contribution in [0.2, 0.25) is 0 Å². The molecule has 0 radical (unpaired) electrons. The Morgan fingerprint density at radius 1 is 0.739 bits per heavy atom. The summed E-state index contributed by atoms with van der Waals surface area (Å²) < 4.78 is 0. The van der Waals surface area contributed by atoms with Gasteiger partial charge in [-0.3, -0.25) is 14.9 Å². The van der Waals surface area contributed by atoms with Crippen LogP contribution < -0.4 is 16.8 Å². The van der Waals surface area contributed by atoms with E-state index < -0.39 is 23.9 Å². The highest BCUT2D eigenvalue weighted by Gasteiger charge is 2.21. The molecule has 0 bridgehead atoms. The molecule has 0 aliphatic rings. The maximum absolute atomic E-state index is 12.0. The van der Waals surface area contributed by atoms with E-state index in [9.17, 15) is 9.59 Å². The number of nitrogens with two attached hydrogens (primary N) is 2. The maximum Gasteiger partial charge on any atom is 0.243 e. The summed E-state index contributed by atoms with van der Waals surface area (Å²) in [5.74, 6) is -1.02. The minimum Gasteiger partial charge on any atom is -0.320 e. The Morgan fingerprint density at radius 2 is 1.09 bits per heavy atom. The highest BCUT2D eigenvalue weighted by molar-refractivity contribution is 6.00. The Hall–Kier alpha value is -2.50. The molecular formula is C18H21N3O2. The quantitative estimate of drug-likeness (QED) is 0.734. The fourth-order valence-electron chi connectivity index (χ4n) is 2.23. The summed E-state index contributed by atoms with van der Waals surface area (Å²) in [6, 6.07) is 17.3. The van der Waals surface area contributed by atoms with E-state index in [1.165, 1.54) is 0 Å². The summed E-state index contributed by atoms with van der Waals surface area (Å²) in [7, 11) is 0. The molecule has 0 saturated carbocycles. The molecule has 2 aromatic carbocycles. The van der Waals surface area contributed by atoms with Crippen LogP contribution in [0.25, 0.3) is 0 Å². The number of carbonyl (C=O) groups is 2. The fourth-order valence-corrected chi connectivity index (χ4v) is 2.23. The highest BCUT2D eigenvalue weighted by Crippen LogP contribution is 2.03. The van der Waals surface area contributed by atoms with E-state index in [2.05, 4.69) is 5.32 Å². The van der Waals surface area contributed by atoms with Crippen LogP contribution in [0.3, 0.4) is 0 Å². The van der Waals surface area contributed by atoms with Gasteiger partial charge in [-0.05, 0) is 24.0 Å². The van der Waals surface area contributed by atoms with E-state index in [4.69, 9.17) is 11.5 Å². The number of hydrogen-bond acceptors (Lipinski definition) is 4. The Bertz CT molecular complexity index is 586. The fraction of sp³-hybridized carbons (Fsp3) is 0.222. The SMILES string of the molecule is N[C@@H](Cc1ccccc1)C(=O)NC(=O)[C@@H](N)Cc1ccccc1. The maximum atomic E-state index is 12.0. The van der Waals surface area contributed by atoms with Crippen LogP contribution in [-0.2, 0) is 22.4 Å². The number of amides is 2. The Kier molecular flexibility index (Phi) is 6.02. The molecule has 5 N–H and O–H groups in total. The predicted octanol–water partition coefficient (Wildman–Crippen LogP) is 0.769. The third-order valence-corrected chi connectivity index (χ3v) is 3.52. The number of benzene rings is 2. The summed E-state index contributed by atoms with van der Waals surface area (Å²) in [6.45, 7) is 0. The van der Waals surface area contributed by atoms with Gasteiger partial charge < -0.3 is 11.5 Å². The van der Waals surface area contributed by atoms with Crippen LogP contribution in [0, 0.1) is 0 Å². The smallest absolute Gasteiger partial charge is 0.243 e. The van der Waals surface area contributed by atoms with Crippen LogP contribution in [0.4, 0.5) is 0 Å². The number of carbonyl (C=O) groups excluding carboxylic acids is 2. The summed E-state index contributed by atoms with van der Waals surface area (Å²) >= 11 is 0. The molecule has 0 aromatic heterocycles. The average molecular weight is 311 g/mol. The lowest BCUT2D eigenvalue weighted by atomic mass is 10.0.